The number of fused-ring (bicyclic) bond motifs is 1. The number of rotatable bonds is 5. The lowest BCUT2D eigenvalue weighted by Gasteiger charge is -2.43. The van der Waals surface area contributed by atoms with Gasteiger partial charge in [0.2, 0.25) is 0 Å². The van der Waals surface area contributed by atoms with Crippen molar-refractivity contribution in [2.24, 2.45) is 5.41 Å². The van der Waals surface area contributed by atoms with Gasteiger partial charge in [0.05, 0.1) is 49.4 Å². The van der Waals surface area contributed by atoms with Crippen LogP contribution in [0.4, 0.5) is 5.69 Å². The Hall–Kier alpha value is -1.58. The highest BCUT2D eigenvalue weighted by atomic mass is 35.5. The molecule has 0 saturated carbocycles. The molecule has 1 spiro atoms. The largest absolute Gasteiger partial charge is 0.370 e. The molecular formula is C25H29Cl2N5OS2. The van der Waals surface area contributed by atoms with Gasteiger partial charge in [0.1, 0.15) is 5.03 Å². The monoisotopic (exact) mass is 549 g/mol. The van der Waals surface area contributed by atoms with Crippen LogP contribution in [0.2, 0.25) is 10.0 Å². The summed E-state index contributed by atoms with van der Waals surface area (Å²) in [6.07, 6.45) is 5.75. The molecule has 2 aliphatic heterocycles. The Morgan fingerprint density at radius 3 is 2.60 bits per heavy atom. The van der Waals surface area contributed by atoms with Crippen molar-refractivity contribution < 1.29 is 4.21 Å². The van der Waals surface area contributed by atoms with Crippen molar-refractivity contribution in [2.45, 2.75) is 60.9 Å². The molecule has 2 atom stereocenters. The Balaban J connectivity index is 1.27. The van der Waals surface area contributed by atoms with Gasteiger partial charge in [0, 0.05) is 36.1 Å². The smallest absolute Gasteiger partial charge is 0.101 e. The van der Waals surface area contributed by atoms with Crippen molar-refractivity contribution in [1.29, 1.82) is 0 Å². The van der Waals surface area contributed by atoms with Crippen molar-refractivity contribution in [2.75, 3.05) is 18.0 Å². The fraction of sp³-hybridized carbons (Fsp3) is 0.440. The molecule has 0 radical (unpaired) electrons. The van der Waals surface area contributed by atoms with E-state index in [0.29, 0.717) is 10.0 Å². The van der Waals surface area contributed by atoms with E-state index >= 15 is 0 Å². The number of aromatic nitrogens is 3. The third-order valence-electron chi connectivity index (χ3n) is 6.88. The van der Waals surface area contributed by atoms with Crippen molar-refractivity contribution in [3.8, 4) is 0 Å². The minimum atomic E-state index is -1.15. The van der Waals surface area contributed by atoms with E-state index in [1.807, 2.05) is 51.4 Å². The summed E-state index contributed by atoms with van der Waals surface area (Å²) in [5.41, 5.74) is 2.26. The molecule has 0 unspecified atom stereocenters. The maximum atomic E-state index is 13.0. The van der Waals surface area contributed by atoms with E-state index in [1.54, 1.807) is 6.07 Å². The number of pyridine rings is 1. The first-order valence-corrected chi connectivity index (χ1v) is 14.4. The van der Waals surface area contributed by atoms with E-state index in [-0.39, 0.29) is 16.2 Å². The lowest BCUT2D eigenvalue weighted by molar-refractivity contribution is 0.162. The minimum Gasteiger partial charge on any atom is -0.370 e. The number of piperidine rings is 1. The van der Waals surface area contributed by atoms with Crippen LogP contribution >= 0.6 is 35.0 Å². The molecule has 10 heteroatoms. The summed E-state index contributed by atoms with van der Waals surface area (Å²) >= 11 is 14.0. The zero-order valence-corrected chi connectivity index (χ0v) is 23.1. The number of anilines is 1. The Bertz CT molecular complexity index is 1230. The number of hydrogen-bond acceptors (Lipinski definition) is 5. The van der Waals surface area contributed by atoms with E-state index in [2.05, 4.69) is 36.5 Å². The van der Waals surface area contributed by atoms with Crippen LogP contribution in [0.15, 0.2) is 58.7 Å². The van der Waals surface area contributed by atoms with Crippen LogP contribution in [-0.4, -0.2) is 36.8 Å². The third kappa shape index (κ3) is 5.01. The summed E-state index contributed by atoms with van der Waals surface area (Å²) in [7, 11) is -1.15. The van der Waals surface area contributed by atoms with Crippen molar-refractivity contribution in [1.82, 2.24) is 19.5 Å². The predicted molar refractivity (Wildman–Crippen MR) is 145 cm³/mol. The molecule has 0 bridgehead atoms. The van der Waals surface area contributed by atoms with Crippen LogP contribution in [-0.2, 0) is 17.5 Å². The van der Waals surface area contributed by atoms with Crippen LogP contribution in [0.1, 0.15) is 45.3 Å². The van der Waals surface area contributed by atoms with Gasteiger partial charge in [0.15, 0.2) is 0 Å². The zero-order valence-electron chi connectivity index (χ0n) is 20.0. The lowest BCUT2D eigenvalue weighted by Crippen LogP contribution is -2.48. The molecule has 1 saturated heterocycles. The maximum absolute atomic E-state index is 13.0. The normalized spacial score (nSPS) is 20.3. The number of halogens is 2. The molecule has 6 nitrogen and oxygen atoms in total. The van der Waals surface area contributed by atoms with Crippen LogP contribution < -0.4 is 9.62 Å². The number of nitrogens with zero attached hydrogens (tertiary/aromatic N) is 4. The molecule has 4 heterocycles. The van der Waals surface area contributed by atoms with Crippen molar-refractivity contribution in [3.05, 3.63) is 64.5 Å². The summed E-state index contributed by atoms with van der Waals surface area (Å²) in [4.78, 5) is 7.95. The molecule has 5 rings (SSSR count). The first-order valence-electron chi connectivity index (χ1n) is 11.7. The van der Waals surface area contributed by atoms with E-state index in [0.717, 1.165) is 53.8 Å². The highest BCUT2D eigenvalue weighted by Crippen LogP contribution is 2.50. The Kier molecular flexibility index (Phi) is 6.96. The van der Waals surface area contributed by atoms with Gasteiger partial charge in [-0.1, -0.05) is 41.0 Å². The summed E-state index contributed by atoms with van der Waals surface area (Å²) in [5, 5.41) is 6.51. The van der Waals surface area contributed by atoms with Crippen LogP contribution in [0.3, 0.4) is 0 Å². The topological polar surface area (TPSA) is 63.1 Å². The first-order chi connectivity index (χ1) is 16.7. The fourth-order valence-electron chi connectivity index (χ4n) is 4.85. The van der Waals surface area contributed by atoms with Crippen LogP contribution in [0.5, 0.6) is 0 Å². The molecule has 1 aromatic carbocycles. The maximum Gasteiger partial charge on any atom is 0.101 e. The molecule has 2 aromatic heterocycles. The Morgan fingerprint density at radius 2 is 1.91 bits per heavy atom. The van der Waals surface area contributed by atoms with Gasteiger partial charge >= 0.3 is 0 Å². The summed E-state index contributed by atoms with van der Waals surface area (Å²) in [6.45, 7) is 8.71. The second-order valence-corrected chi connectivity index (χ2v) is 14.0. The quantitative estimate of drug-likeness (QED) is 0.414. The average Bonchev–Trinajstić information content (AvgIpc) is 3.38. The molecule has 2 aliphatic rings. The van der Waals surface area contributed by atoms with E-state index in [4.69, 9.17) is 23.2 Å². The van der Waals surface area contributed by atoms with Gasteiger partial charge in [-0.15, -0.1) is 0 Å². The zero-order chi connectivity index (χ0) is 24.8. The molecule has 1 fully saturated rings. The van der Waals surface area contributed by atoms with E-state index in [1.165, 1.54) is 11.8 Å². The van der Waals surface area contributed by atoms with Gasteiger partial charge in [-0.3, -0.25) is 4.68 Å². The van der Waals surface area contributed by atoms with Crippen LogP contribution in [0.25, 0.3) is 0 Å². The molecule has 0 aliphatic carbocycles. The molecule has 3 aromatic rings. The number of hydrogen-bond donors (Lipinski definition) is 1. The Labute approximate surface area is 223 Å². The third-order valence-corrected chi connectivity index (χ3v) is 10.4. The van der Waals surface area contributed by atoms with Gasteiger partial charge < -0.3 is 4.90 Å². The SMILES string of the molecule is CC(C)(C)[S@](=O)N[C@@H]1c2ccnn2CC12CCN(c1ccc(Sc3cccc(Cl)c3Cl)nc1)CC2. The van der Waals surface area contributed by atoms with Crippen molar-refractivity contribution >= 4 is 51.6 Å². The molecule has 186 valence electrons. The summed E-state index contributed by atoms with van der Waals surface area (Å²) in [5.74, 6) is 0. The number of benzene rings is 1. The van der Waals surface area contributed by atoms with Gasteiger partial charge in [-0.25, -0.2) is 13.9 Å². The van der Waals surface area contributed by atoms with E-state index < -0.39 is 11.0 Å². The molecule has 1 N–H and O–H groups in total. The van der Waals surface area contributed by atoms with Crippen molar-refractivity contribution in [3.63, 3.8) is 0 Å². The van der Waals surface area contributed by atoms with Gasteiger partial charge in [-0.2, -0.15) is 5.10 Å². The summed E-state index contributed by atoms with van der Waals surface area (Å²) in [6, 6.07) is 11.9. The highest BCUT2D eigenvalue weighted by Gasteiger charge is 2.49. The average molecular weight is 551 g/mol. The fourth-order valence-corrected chi connectivity index (χ4v) is 7.07. The van der Waals surface area contributed by atoms with Gasteiger partial charge in [0.25, 0.3) is 0 Å². The Morgan fingerprint density at radius 1 is 1.14 bits per heavy atom. The standard InChI is InChI=1S/C25H29Cl2N5OS2/c1-24(2,3)35(33)30-23-19-9-12-29-32(19)16-25(23)10-13-31(14-11-25)17-7-8-21(28-15-17)34-20-6-4-5-18(26)22(20)27/h4-9,12,15,23,30H,10-11,13-14,16H2,1-3H3/t23-,35+/m1/s1. The number of nitrogens with one attached hydrogen (secondary N) is 1. The van der Waals surface area contributed by atoms with Gasteiger partial charge in [-0.05, 0) is 63.9 Å². The molecule has 0 amide bonds. The lowest BCUT2D eigenvalue weighted by atomic mass is 9.73. The molecule has 35 heavy (non-hydrogen) atoms. The summed E-state index contributed by atoms with van der Waals surface area (Å²) < 4.78 is 18.2. The first kappa shape index (κ1) is 25.1. The second-order valence-electron chi connectivity index (χ2n) is 10.2. The molecular weight excluding hydrogens is 521 g/mol. The minimum absolute atomic E-state index is 0.00749. The highest BCUT2D eigenvalue weighted by molar-refractivity contribution is 7.99. The van der Waals surface area contributed by atoms with E-state index in [9.17, 15) is 4.21 Å². The second kappa shape index (κ2) is 9.71. The van der Waals surface area contributed by atoms with Crippen LogP contribution in [0, 0.1) is 5.41 Å². The predicted octanol–water partition coefficient (Wildman–Crippen LogP) is 6.13.